The molecule has 0 spiro atoms. The first-order valence-corrected chi connectivity index (χ1v) is 4.80. The lowest BCUT2D eigenvalue weighted by atomic mass is 10.1. The first-order valence-electron chi connectivity index (χ1n) is 3.88. The van der Waals surface area contributed by atoms with Crippen LogP contribution >= 0.6 is 15.9 Å². The molecule has 66 valence electrons. The van der Waals surface area contributed by atoms with Crippen molar-refractivity contribution in [2.24, 2.45) is 5.92 Å². The van der Waals surface area contributed by atoms with E-state index < -0.39 is 0 Å². The van der Waals surface area contributed by atoms with Gasteiger partial charge in [0.1, 0.15) is 4.83 Å². The highest BCUT2D eigenvalue weighted by Crippen LogP contribution is 2.13. The molecule has 0 aliphatic rings. The van der Waals surface area contributed by atoms with Gasteiger partial charge in [-0.2, -0.15) is 0 Å². The summed E-state index contributed by atoms with van der Waals surface area (Å²) < 4.78 is 4.82. The Hall–Kier alpha value is -0.0500. The van der Waals surface area contributed by atoms with E-state index in [1.807, 2.05) is 6.92 Å². The summed E-state index contributed by atoms with van der Waals surface area (Å²) in [5.41, 5.74) is 0. The van der Waals surface area contributed by atoms with Crippen molar-refractivity contribution in [3.8, 4) is 0 Å². The largest absolute Gasteiger partial charge is 0.465 e. The standard InChI is InChI=1S/C8H15BrO2/c1-4-11-8(10)7(9)5-6(2)3/h6-7H,4-5H2,1-3H3. The Morgan fingerprint density at radius 1 is 1.55 bits per heavy atom. The Kier molecular flexibility index (Phi) is 5.56. The fourth-order valence-corrected chi connectivity index (χ4v) is 1.62. The molecular weight excluding hydrogens is 208 g/mol. The van der Waals surface area contributed by atoms with Gasteiger partial charge in [-0.1, -0.05) is 29.8 Å². The SMILES string of the molecule is CCOC(=O)C(Br)CC(C)C. The third-order valence-corrected chi connectivity index (χ3v) is 1.97. The molecule has 0 aromatic carbocycles. The molecule has 0 fully saturated rings. The minimum atomic E-state index is -0.152. The van der Waals surface area contributed by atoms with Gasteiger partial charge in [0.25, 0.3) is 0 Å². The topological polar surface area (TPSA) is 26.3 Å². The maximum atomic E-state index is 11.0. The highest BCUT2D eigenvalue weighted by Gasteiger charge is 2.16. The van der Waals surface area contributed by atoms with Crippen LogP contribution in [0.5, 0.6) is 0 Å². The van der Waals surface area contributed by atoms with E-state index in [2.05, 4.69) is 29.8 Å². The Balaban J connectivity index is 3.64. The maximum Gasteiger partial charge on any atom is 0.319 e. The molecule has 0 amide bonds. The lowest BCUT2D eigenvalue weighted by Gasteiger charge is -2.10. The number of hydrogen-bond acceptors (Lipinski definition) is 2. The van der Waals surface area contributed by atoms with Crippen molar-refractivity contribution in [3.05, 3.63) is 0 Å². The Bertz CT molecular complexity index is 123. The molecule has 0 N–H and O–H groups in total. The average molecular weight is 223 g/mol. The van der Waals surface area contributed by atoms with Gasteiger partial charge in [0.15, 0.2) is 0 Å². The van der Waals surface area contributed by atoms with Crippen molar-refractivity contribution < 1.29 is 9.53 Å². The van der Waals surface area contributed by atoms with Gasteiger partial charge in [-0.3, -0.25) is 4.79 Å². The molecular formula is C8H15BrO2. The smallest absolute Gasteiger partial charge is 0.319 e. The van der Waals surface area contributed by atoms with Crippen LogP contribution < -0.4 is 0 Å². The predicted molar refractivity (Wildman–Crippen MR) is 48.8 cm³/mol. The molecule has 0 saturated carbocycles. The second-order valence-corrected chi connectivity index (χ2v) is 3.95. The second-order valence-electron chi connectivity index (χ2n) is 2.85. The van der Waals surface area contributed by atoms with Crippen molar-refractivity contribution in [3.63, 3.8) is 0 Å². The highest BCUT2D eigenvalue weighted by atomic mass is 79.9. The van der Waals surface area contributed by atoms with Gasteiger partial charge in [0.05, 0.1) is 6.61 Å². The van der Waals surface area contributed by atoms with Crippen LogP contribution in [-0.2, 0) is 9.53 Å². The molecule has 1 atom stereocenters. The van der Waals surface area contributed by atoms with Crippen LogP contribution in [-0.4, -0.2) is 17.4 Å². The summed E-state index contributed by atoms with van der Waals surface area (Å²) in [6.45, 7) is 6.42. The first-order chi connectivity index (χ1) is 5.07. The van der Waals surface area contributed by atoms with Crippen molar-refractivity contribution in [2.75, 3.05) is 6.61 Å². The fourth-order valence-electron chi connectivity index (χ4n) is 0.743. The van der Waals surface area contributed by atoms with Crippen LogP contribution in [0.15, 0.2) is 0 Å². The normalized spacial score (nSPS) is 13.2. The predicted octanol–water partition coefficient (Wildman–Crippen LogP) is 2.36. The summed E-state index contributed by atoms with van der Waals surface area (Å²) in [5.74, 6) is 0.366. The van der Waals surface area contributed by atoms with Crippen molar-refractivity contribution in [2.45, 2.75) is 32.0 Å². The maximum absolute atomic E-state index is 11.0. The summed E-state index contributed by atoms with van der Waals surface area (Å²) in [4.78, 5) is 10.9. The molecule has 0 aromatic rings. The fraction of sp³-hybridized carbons (Fsp3) is 0.875. The minimum Gasteiger partial charge on any atom is -0.465 e. The van der Waals surface area contributed by atoms with E-state index in [1.165, 1.54) is 0 Å². The Morgan fingerprint density at radius 3 is 2.45 bits per heavy atom. The molecule has 0 heterocycles. The van der Waals surface area contributed by atoms with Crippen LogP contribution in [0.2, 0.25) is 0 Å². The zero-order valence-corrected chi connectivity index (χ0v) is 8.85. The molecule has 3 heteroatoms. The van der Waals surface area contributed by atoms with E-state index in [0.29, 0.717) is 12.5 Å². The Labute approximate surface area is 76.4 Å². The lowest BCUT2D eigenvalue weighted by molar-refractivity contribution is -0.142. The number of esters is 1. The third-order valence-electron chi connectivity index (χ3n) is 1.22. The van der Waals surface area contributed by atoms with E-state index in [0.717, 1.165) is 6.42 Å². The summed E-state index contributed by atoms with van der Waals surface area (Å²) in [6, 6.07) is 0. The molecule has 0 radical (unpaired) electrons. The first kappa shape index (κ1) is 11.0. The van der Waals surface area contributed by atoms with Gasteiger partial charge in [-0.05, 0) is 19.3 Å². The minimum absolute atomic E-state index is 0.137. The quantitative estimate of drug-likeness (QED) is 0.540. The number of hydrogen-bond donors (Lipinski definition) is 0. The number of halogens is 1. The molecule has 11 heavy (non-hydrogen) atoms. The van der Waals surface area contributed by atoms with Crippen molar-refractivity contribution >= 4 is 21.9 Å². The van der Waals surface area contributed by atoms with Crippen LogP contribution in [0.1, 0.15) is 27.2 Å². The van der Waals surface area contributed by atoms with Crippen LogP contribution in [0.4, 0.5) is 0 Å². The van der Waals surface area contributed by atoms with Crippen LogP contribution in [0.25, 0.3) is 0 Å². The number of carbonyl (C=O) groups is 1. The van der Waals surface area contributed by atoms with E-state index in [1.54, 1.807) is 0 Å². The summed E-state index contributed by atoms with van der Waals surface area (Å²) in [7, 11) is 0. The highest BCUT2D eigenvalue weighted by molar-refractivity contribution is 9.10. The number of rotatable bonds is 4. The summed E-state index contributed by atoms with van der Waals surface area (Å²) in [5, 5.41) is 0. The second kappa shape index (κ2) is 5.58. The molecule has 2 nitrogen and oxygen atoms in total. The number of ether oxygens (including phenoxy) is 1. The van der Waals surface area contributed by atoms with E-state index in [4.69, 9.17) is 4.74 Å². The van der Waals surface area contributed by atoms with Crippen LogP contribution in [0, 0.1) is 5.92 Å². The molecule has 0 bridgehead atoms. The van der Waals surface area contributed by atoms with Gasteiger partial charge in [-0.15, -0.1) is 0 Å². The van der Waals surface area contributed by atoms with E-state index in [9.17, 15) is 4.79 Å². The Morgan fingerprint density at radius 2 is 2.09 bits per heavy atom. The van der Waals surface area contributed by atoms with Crippen molar-refractivity contribution in [1.29, 1.82) is 0 Å². The molecule has 0 rings (SSSR count). The van der Waals surface area contributed by atoms with Gasteiger partial charge in [0, 0.05) is 0 Å². The molecule has 1 unspecified atom stereocenters. The molecule has 0 aromatic heterocycles. The lowest BCUT2D eigenvalue weighted by Crippen LogP contribution is -2.18. The average Bonchev–Trinajstić information content (AvgIpc) is 1.86. The van der Waals surface area contributed by atoms with Crippen molar-refractivity contribution in [1.82, 2.24) is 0 Å². The zero-order valence-electron chi connectivity index (χ0n) is 7.26. The third kappa shape index (κ3) is 5.24. The summed E-state index contributed by atoms with van der Waals surface area (Å²) >= 11 is 3.27. The van der Waals surface area contributed by atoms with Gasteiger partial charge < -0.3 is 4.74 Å². The van der Waals surface area contributed by atoms with E-state index >= 15 is 0 Å². The van der Waals surface area contributed by atoms with Gasteiger partial charge >= 0.3 is 5.97 Å². The van der Waals surface area contributed by atoms with E-state index in [-0.39, 0.29) is 10.8 Å². The van der Waals surface area contributed by atoms with Gasteiger partial charge in [0.2, 0.25) is 0 Å². The van der Waals surface area contributed by atoms with Gasteiger partial charge in [-0.25, -0.2) is 0 Å². The monoisotopic (exact) mass is 222 g/mol. The summed E-state index contributed by atoms with van der Waals surface area (Å²) in [6.07, 6.45) is 0.832. The zero-order chi connectivity index (χ0) is 8.85. The molecule has 0 saturated heterocycles. The molecule has 0 aliphatic heterocycles. The number of alkyl halides is 1. The molecule has 0 aliphatic carbocycles. The van der Waals surface area contributed by atoms with Crippen LogP contribution in [0.3, 0.4) is 0 Å². The number of carbonyl (C=O) groups excluding carboxylic acids is 1.